The van der Waals surface area contributed by atoms with Crippen molar-refractivity contribution in [2.45, 2.75) is 5.41 Å². The molecule has 0 bridgehead atoms. The quantitative estimate of drug-likeness (QED) is 0.172. The van der Waals surface area contributed by atoms with Gasteiger partial charge >= 0.3 is 0 Å². The first-order valence-corrected chi connectivity index (χ1v) is 24.1. The standard InChI is InChI=1S/C67H41NO2/c1-2-17-42(18-3-1)46-19-8-13-30-60(46)68(44-35-33-43(34-36-44)47-26-16-27-53-52-23-9-14-31-61(52)70-66(47)53)45-37-38-51-49-21-5-4-20-48(49)50-22-6-11-28-56(50)67(59(51)41-45)57-29-12-7-24-54(57)64-58(67)39-40-63-65(64)55-25-10-15-32-62(55)69-63/h1-41H. The van der Waals surface area contributed by atoms with Crippen LogP contribution in [0.25, 0.3) is 99.5 Å². The molecule has 0 N–H and O–H groups in total. The van der Waals surface area contributed by atoms with E-state index in [9.17, 15) is 0 Å². The zero-order valence-corrected chi connectivity index (χ0v) is 37.9. The molecule has 2 heterocycles. The summed E-state index contributed by atoms with van der Waals surface area (Å²) in [5.74, 6) is 0. The van der Waals surface area contributed by atoms with Gasteiger partial charge in [-0.2, -0.15) is 0 Å². The molecule has 0 saturated heterocycles. The highest BCUT2D eigenvalue weighted by Gasteiger charge is 2.50. The second kappa shape index (κ2) is 14.9. The molecule has 3 heteroatoms. The van der Waals surface area contributed by atoms with Gasteiger partial charge in [0.25, 0.3) is 0 Å². The van der Waals surface area contributed by atoms with Crippen LogP contribution in [0.5, 0.6) is 0 Å². The maximum absolute atomic E-state index is 6.64. The lowest BCUT2D eigenvalue weighted by molar-refractivity contribution is 0.668. The van der Waals surface area contributed by atoms with Crippen molar-refractivity contribution >= 4 is 60.9 Å². The Kier molecular flexibility index (Phi) is 8.28. The number of hydrogen-bond donors (Lipinski definition) is 0. The van der Waals surface area contributed by atoms with Gasteiger partial charge in [-0.25, -0.2) is 0 Å². The summed E-state index contributed by atoms with van der Waals surface area (Å²) in [5, 5.41) is 4.53. The third-order valence-electron chi connectivity index (χ3n) is 15.1. The molecule has 1 atom stereocenters. The molecule has 70 heavy (non-hydrogen) atoms. The van der Waals surface area contributed by atoms with Crippen molar-refractivity contribution in [2.24, 2.45) is 0 Å². The van der Waals surface area contributed by atoms with Crippen molar-refractivity contribution in [3.05, 3.63) is 271 Å². The van der Waals surface area contributed by atoms with E-state index < -0.39 is 5.41 Å². The van der Waals surface area contributed by atoms with E-state index in [2.05, 4.69) is 248 Å². The number of nitrogens with zero attached hydrogens (tertiary/aromatic N) is 1. The molecule has 2 aromatic heterocycles. The Morgan fingerprint density at radius 1 is 0.300 bits per heavy atom. The normalized spacial score (nSPS) is 14.3. The fourth-order valence-corrected chi connectivity index (χ4v) is 12.2. The van der Waals surface area contributed by atoms with Gasteiger partial charge in [-0.05, 0) is 115 Å². The average Bonchev–Trinajstić information content (AvgIpc) is 4.08. The van der Waals surface area contributed by atoms with Crippen molar-refractivity contribution in [1.82, 2.24) is 0 Å². The minimum Gasteiger partial charge on any atom is -0.456 e. The van der Waals surface area contributed by atoms with Gasteiger partial charge in [0.2, 0.25) is 0 Å². The Bertz CT molecular complexity index is 4250. The third kappa shape index (κ3) is 5.40. The van der Waals surface area contributed by atoms with E-state index in [1.807, 2.05) is 6.07 Å². The van der Waals surface area contributed by atoms with E-state index in [-0.39, 0.29) is 0 Å². The number of para-hydroxylation sites is 4. The molecule has 326 valence electrons. The Morgan fingerprint density at radius 2 is 0.857 bits per heavy atom. The summed E-state index contributed by atoms with van der Waals surface area (Å²) in [4.78, 5) is 2.46. The first-order chi connectivity index (χ1) is 34.7. The zero-order chi connectivity index (χ0) is 45.9. The molecule has 3 nitrogen and oxygen atoms in total. The molecule has 0 saturated carbocycles. The van der Waals surface area contributed by atoms with Crippen LogP contribution < -0.4 is 4.90 Å². The third-order valence-corrected chi connectivity index (χ3v) is 15.1. The van der Waals surface area contributed by atoms with Crippen LogP contribution in [0.1, 0.15) is 22.3 Å². The summed E-state index contributed by atoms with van der Waals surface area (Å²) in [7, 11) is 0. The van der Waals surface area contributed by atoms with Crippen LogP contribution in [0.15, 0.2) is 258 Å². The number of hydrogen-bond acceptors (Lipinski definition) is 3. The summed E-state index contributed by atoms with van der Waals surface area (Å²) in [6.07, 6.45) is 0. The number of anilines is 3. The van der Waals surface area contributed by atoms with E-state index in [1.54, 1.807) is 0 Å². The van der Waals surface area contributed by atoms with E-state index in [1.165, 1.54) is 55.6 Å². The Balaban J connectivity index is 1.02. The van der Waals surface area contributed by atoms with Crippen molar-refractivity contribution in [3.8, 4) is 55.6 Å². The van der Waals surface area contributed by atoms with E-state index in [0.29, 0.717) is 0 Å². The fourth-order valence-electron chi connectivity index (χ4n) is 12.2. The molecule has 0 fully saturated rings. The first kappa shape index (κ1) is 38.9. The molecular formula is C67H41NO2. The highest BCUT2D eigenvalue weighted by molar-refractivity contribution is 6.16. The highest BCUT2D eigenvalue weighted by atomic mass is 16.3. The van der Waals surface area contributed by atoms with Gasteiger partial charge in [0, 0.05) is 44.0 Å². The summed E-state index contributed by atoms with van der Waals surface area (Å²) in [5.41, 5.74) is 22.9. The maximum atomic E-state index is 6.64. The van der Waals surface area contributed by atoms with E-state index >= 15 is 0 Å². The Hall–Kier alpha value is -9.18. The number of furan rings is 2. The first-order valence-electron chi connectivity index (χ1n) is 24.1. The SMILES string of the molecule is c1ccc(-c2ccccc2N(c2ccc(-c3cccc4c3oc3ccccc34)cc2)c2ccc3c(c2)C2(c4ccccc4-c4ccccc4-3)c3ccccc3-c3c2ccc2oc4ccccc4c32)cc1. The lowest BCUT2D eigenvalue weighted by Gasteiger charge is -2.36. The van der Waals surface area contributed by atoms with E-state index in [0.717, 1.165) is 83.2 Å². The predicted octanol–water partition coefficient (Wildman–Crippen LogP) is 18.3. The minimum atomic E-state index is -0.709. The Morgan fingerprint density at radius 3 is 1.64 bits per heavy atom. The maximum Gasteiger partial charge on any atom is 0.143 e. The number of fused-ring (bicyclic) bond motifs is 19. The van der Waals surface area contributed by atoms with Gasteiger partial charge in [0.05, 0.1) is 11.1 Å². The molecule has 1 spiro atoms. The summed E-state index contributed by atoms with van der Waals surface area (Å²) < 4.78 is 13.2. The molecule has 1 unspecified atom stereocenters. The number of rotatable bonds is 5. The van der Waals surface area contributed by atoms with Crippen LogP contribution in [0.3, 0.4) is 0 Å². The van der Waals surface area contributed by atoms with Crippen molar-refractivity contribution in [3.63, 3.8) is 0 Å². The summed E-state index contributed by atoms with van der Waals surface area (Å²) in [6.45, 7) is 0. The van der Waals surface area contributed by atoms with Crippen LogP contribution in [0.2, 0.25) is 0 Å². The van der Waals surface area contributed by atoms with Crippen molar-refractivity contribution < 1.29 is 8.83 Å². The molecule has 11 aromatic carbocycles. The fraction of sp³-hybridized carbons (Fsp3) is 0.0149. The lowest BCUT2D eigenvalue weighted by Crippen LogP contribution is -2.29. The second-order valence-electron chi connectivity index (χ2n) is 18.6. The molecule has 0 radical (unpaired) electrons. The topological polar surface area (TPSA) is 29.5 Å². The van der Waals surface area contributed by atoms with Gasteiger partial charge in [-0.15, -0.1) is 0 Å². The largest absolute Gasteiger partial charge is 0.456 e. The van der Waals surface area contributed by atoms with Crippen LogP contribution >= 0.6 is 0 Å². The van der Waals surface area contributed by atoms with Gasteiger partial charge in [-0.1, -0.05) is 200 Å². The van der Waals surface area contributed by atoms with Gasteiger partial charge < -0.3 is 13.7 Å². The molecule has 13 aromatic rings. The molecule has 15 rings (SSSR count). The lowest BCUT2D eigenvalue weighted by atomic mass is 9.65. The minimum absolute atomic E-state index is 0.709. The van der Waals surface area contributed by atoms with Crippen molar-refractivity contribution in [2.75, 3.05) is 4.90 Å². The van der Waals surface area contributed by atoms with Gasteiger partial charge in [0.1, 0.15) is 22.3 Å². The molecule has 2 aliphatic carbocycles. The van der Waals surface area contributed by atoms with E-state index in [4.69, 9.17) is 8.83 Å². The number of benzene rings is 11. The summed E-state index contributed by atoms with van der Waals surface area (Å²) >= 11 is 0. The highest BCUT2D eigenvalue weighted by Crippen LogP contribution is 2.63. The smallest absolute Gasteiger partial charge is 0.143 e. The predicted molar refractivity (Wildman–Crippen MR) is 288 cm³/mol. The zero-order valence-electron chi connectivity index (χ0n) is 37.9. The molecule has 2 aliphatic rings. The molecular weight excluding hydrogens is 851 g/mol. The van der Waals surface area contributed by atoms with Crippen LogP contribution in [0.4, 0.5) is 17.1 Å². The van der Waals surface area contributed by atoms with Crippen molar-refractivity contribution in [1.29, 1.82) is 0 Å². The monoisotopic (exact) mass is 891 g/mol. The van der Waals surface area contributed by atoms with Gasteiger partial charge in [0.15, 0.2) is 0 Å². The molecule has 0 aliphatic heterocycles. The van der Waals surface area contributed by atoms with Crippen LogP contribution in [-0.2, 0) is 5.41 Å². The van der Waals surface area contributed by atoms with Crippen LogP contribution in [0, 0.1) is 0 Å². The summed E-state index contributed by atoms with van der Waals surface area (Å²) in [6, 6.07) is 90.8. The Labute approximate surface area is 404 Å². The van der Waals surface area contributed by atoms with Gasteiger partial charge in [-0.3, -0.25) is 0 Å². The molecule has 0 amide bonds. The average molecular weight is 892 g/mol. The second-order valence-corrected chi connectivity index (χ2v) is 18.6. The van der Waals surface area contributed by atoms with Crippen LogP contribution in [-0.4, -0.2) is 0 Å².